The van der Waals surface area contributed by atoms with Crippen molar-refractivity contribution in [1.82, 2.24) is 9.55 Å². The second-order valence-corrected chi connectivity index (χ2v) is 4.74. The number of aromatic nitrogens is 2. The van der Waals surface area contributed by atoms with Crippen LogP contribution in [0.2, 0.25) is 0 Å². The van der Waals surface area contributed by atoms with Crippen LogP contribution in [0.1, 0.15) is 30.8 Å². The first-order valence-electron chi connectivity index (χ1n) is 6.50. The summed E-state index contributed by atoms with van der Waals surface area (Å²) in [5, 5.41) is 0. The van der Waals surface area contributed by atoms with Gasteiger partial charge >= 0.3 is 0 Å². The maximum atomic E-state index is 6.22. The Kier molecular flexibility index (Phi) is 3.41. The molecule has 96 valence electrons. The summed E-state index contributed by atoms with van der Waals surface area (Å²) in [6.07, 6.45) is 0.906. The molecule has 3 heteroatoms. The summed E-state index contributed by atoms with van der Waals surface area (Å²) in [5.74, 6) is 1.84. The maximum absolute atomic E-state index is 6.22. The van der Waals surface area contributed by atoms with Gasteiger partial charge in [0.2, 0.25) is 0 Å². The predicted octanol–water partition coefficient (Wildman–Crippen LogP) is 3.33. The lowest BCUT2D eigenvalue weighted by Gasteiger charge is -2.05. The molecular formula is C15H21N3. The minimum Gasteiger partial charge on any atom is -0.383 e. The third-order valence-corrected chi connectivity index (χ3v) is 3.21. The molecule has 2 aromatic rings. The van der Waals surface area contributed by atoms with Crippen molar-refractivity contribution in [2.24, 2.45) is 0 Å². The number of rotatable bonds is 3. The average Bonchev–Trinajstić information content (AvgIpc) is 2.64. The molecule has 0 atom stereocenters. The highest BCUT2D eigenvalue weighted by molar-refractivity contribution is 5.72. The third-order valence-electron chi connectivity index (χ3n) is 3.21. The number of hydrogen-bond acceptors (Lipinski definition) is 2. The molecule has 0 radical (unpaired) electrons. The Hall–Kier alpha value is -1.77. The summed E-state index contributed by atoms with van der Waals surface area (Å²) in [5.41, 5.74) is 10.7. The van der Waals surface area contributed by atoms with Gasteiger partial charge in [0.05, 0.1) is 0 Å². The molecule has 1 heterocycles. The van der Waals surface area contributed by atoms with Crippen molar-refractivity contribution < 1.29 is 0 Å². The van der Waals surface area contributed by atoms with Gasteiger partial charge < -0.3 is 10.3 Å². The summed E-state index contributed by atoms with van der Waals surface area (Å²) in [7, 11) is 0. The van der Waals surface area contributed by atoms with Crippen LogP contribution in [0.25, 0.3) is 11.3 Å². The Morgan fingerprint density at radius 3 is 2.17 bits per heavy atom. The van der Waals surface area contributed by atoms with Crippen LogP contribution in [0, 0.1) is 13.8 Å². The predicted molar refractivity (Wildman–Crippen MR) is 76.6 cm³/mol. The van der Waals surface area contributed by atoms with E-state index in [2.05, 4.69) is 55.4 Å². The number of anilines is 1. The number of hydrogen-bond donors (Lipinski definition) is 1. The van der Waals surface area contributed by atoms with Crippen LogP contribution >= 0.6 is 0 Å². The highest BCUT2D eigenvalue weighted by atomic mass is 15.1. The lowest BCUT2D eigenvalue weighted by Crippen LogP contribution is -2.04. The van der Waals surface area contributed by atoms with E-state index in [0.717, 1.165) is 35.9 Å². The van der Waals surface area contributed by atoms with Crippen LogP contribution in [0.4, 0.5) is 5.82 Å². The second kappa shape index (κ2) is 4.84. The molecule has 0 saturated carbocycles. The molecule has 0 amide bonds. The first-order chi connectivity index (χ1) is 8.56. The fraction of sp³-hybridized carbons (Fsp3) is 0.400. The Balaban J connectivity index is 2.60. The van der Waals surface area contributed by atoms with Gasteiger partial charge in [-0.1, -0.05) is 24.1 Å². The Bertz CT molecular complexity index is 547. The number of nitrogen functional groups attached to an aromatic ring is 1. The smallest absolute Gasteiger partial charge is 0.131 e. The van der Waals surface area contributed by atoms with Crippen molar-refractivity contribution in [1.29, 1.82) is 0 Å². The molecule has 0 spiro atoms. The van der Waals surface area contributed by atoms with Gasteiger partial charge in [0, 0.05) is 18.5 Å². The summed E-state index contributed by atoms with van der Waals surface area (Å²) in [4.78, 5) is 4.69. The molecule has 0 aliphatic rings. The maximum Gasteiger partial charge on any atom is 0.131 e. The first-order valence-corrected chi connectivity index (χ1v) is 6.50. The van der Waals surface area contributed by atoms with Crippen LogP contribution in [0.5, 0.6) is 0 Å². The zero-order valence-electron chi connectivity index (χ0n) is 11.6. The summed E-state index contributed by atoms with van der Waals surface area (Å²) >= 11 is 0. The molecule has 0 aliphatic heterocycles. The highest BCUT2D eigenvalue weighted by Gasteiger charge is 2.14. The van der Waals surface area contributed by atoms with E-state index in [-0.39, 0.29) is 0 Å². The quantitative estimate of drug-likeness (QED) is 0.898. The fourth-order valence-electron chi connectivity index (χ4n) is 2.46. The van der Waals surface area contributed by atoms with Gasteiger partial charge in [0.1, 0.15) is 17.3 Å². The van der Waals surface area contributed by atoms with E-state index in [9.17, 15) is 0 Å². The van der Waals surface area contributed by atoms with Gasteiger partial charge in [-0.25, -0.2) is 4.98 Å². The van der Waals surface area contributed by atoms with Gasteiger partial charge in [-0.2, -0.15) is 0 Å². The van der Waals surface area contributed by atoms with Gasteiger partial charge in [0.25, 0.3) is 0 Å². The van der Waals surface area contributed by atoms with Crippen LogP contribution in [-0.4, -0.2) is 9.55 Å². The summed E-state index contributed by atoms with van der Waals surface area (Å²) in [6, 6.07) is 6.45. The molecule has 2 N–H and O–H groups in total. The van der Waals surface area contributed by atoms with E-state index < -0.39 is 0 Å². The Morgan fingerprint density at radius 2 is 1.72 bits per heavy atom. The SMILES string of the molecule is CCc1nc(-c2cc(C)cc(C)c2)c(N)n1CC. The molecule has 0 fully saturated rings. The van der Waals surface area contributed by atoms with Gasteiger partial charge in [-0.05, 0) is 32.9 Å². The number of nitrogens with two attached hydrogens (primary N) is 1. The summed E-state index contributed by atoms with van der Waals surface area (Å²) < 4.78 is 2.09. The van der Waals surface area contributed by atoms with Crippen molar-refractivity contribution in [3.63, 3.8) is 0 Å². The van der Waals surface area contributed by atoms with E-state index in [1.54, 1.807) is 0 Å². The number of aryl methyl sites for hydroxylation is 3. The van der Waals surface area contributed by atoms with Gasteiger partial charge in [-0.3, -0.25) is 0 Å². The zero-order chi connectivity index (χ0) is 13.3. The van der Waals surface area contributed by atoms with Crippen molar-refractivity contribution in [2.45, 2.75) is 40.7 Å². The van der Waals surface area contributed by atoms with Crippen LogP contribution in [-0.2, 0) is 13.0 Å². The third kappa shape index (κ3) is 2.13. The second-order valence-electron chi connectivity index (χ2n) is 4.74. The fourth-order valence-corrected chi connectivity index (χ4v) is 2.46. The molecule has 2 rings (SSSR count). The molecule has 1 aromatic carbocycles. The highest BCUT2D eigenvalue weighted by Crippen LogP contribution is 2.28. The molecule has 3 nitrogen and oxygen atoms in total. The monoisotopic (exact) mass is 243 g/mol. The largest absolute Gasteiger partial charge is 0.383 e. The topological polar surface area (TPSA) is 43.8 Å². The minimum atomic E-state index is 0.777. The standard InChI is InChI=1S/C15H21N3/c1-5-13-17-14(15(16)18(13)6-2)12-8-10(3)7-11(4)9-12/h7-9H,5-6,16H2,1-4H3. The average molecular weight is 243 g/mol. The molecule has 0 unspecified atom stereocenters. The van der Waals surface area contributed by atoms with Gasteiger partial charge in [-0.15, -0.1) is 0 Å². The molecule has 0 saturated heterocycles. The number of nitrogens with zero attached hydrogens (tertiary/aromatic N) is 2. The number of imidazole rings is 1. The van der Waals surface area contributed by atoms with E-state index >= 15 is 0 Å². The van der Waals surface area contributed by atoms with E-state index in [0.29, 0.717) is 0 Å². The zero-order valence-corrected chi connectivity index (χ0v) is 11.6. The van der Waals surface area contributed by atoms with Crippen molar-refractivity contribution in [3.8, 4) is 11.3 Å². The van der Waals surface area contributed by atoms with Crippen molar-refractivity contribution in [2.75, 3.05) is 5.73 Å². The first kappa shape index (κ1) is 12.7. The molecule has 1 aromatic heterocycles. The van der Waals surface area contributed by atoms with Crippen LogP contribution < -0.4 is 5.73 Å². The minimum absolute atomic E-state index is 0.777. The number of benzene rings is 1. The summed E-state index contributed by atoms with van der Waals surface area (Å²) in [6.45, 7) is 9.28. The van der Waals surface area contributed by atoms with E-state index in [1.807, 2.05) is 0 Å². The van der Waals surface area contributed by atoms with E-state index in [4.69, 9.17) is 5.73 Å². The lowest BCUT2D eigenvalue weighted by molar-refractivity contribution is 0.713. The van der Waals surface area contributed by atoms with Gasteiger partial charge in [0.15, 0.2) is 0 Å². The molecule has 0 bridgehead atoms. The lowest BCUT2D eigenvalue weighted by atomic mass is 10.1. The molecule has 0 aliphatic carbocycles. The van der Waals surface area contributed by atoms with Crippen LogP contribution in [0.15, 0.2) is 18.2 Å². The van der Waals surface area contributed by atoms with E-state index in [1.165, 1.54) is 11.1 Å². The normalized spacial score (nSPS) is 10.9. The molecule has 18 heavy (non-hydrogen) atoms. The Labute approximate surface area is 109 Å². The van der Waals surface area contributed by atoms with Crippen LogP contribution in [0.3, 0.4) is 0 Å². The van der Waals surface area contributed by atoms with Crippen molar-refractivity contribution >= 4 is 5.82 Å². The Morgan fingerprint density at radius 1 is 1.11 bits per heavy atom. The molecular weight excluding hydrogens is 222 g/mol. The van der Waals surface area contributed by atoms with Crippen molar-refractivity contribution in [3.05, 3.63) is 35.2 Å².